The highest BCUT2D eigenvalue weighted by molar-refractivity contribution is 5.92. The van der Waals surface area contributed by atoms with Crippen LogP contribution in [0.25, 0.3) is 0 Å². The molecular weight excluding hydrogens is 322 g/mol. The normalized spacial score (nSPS) is 36.1. The molecule has 26 heavy (non-hydrogen) atoms. The Hall–Kier alpha value is -1.58. The van der Waals surface area contributed by atoms with Crippen molar-refractivity contribution in [2.24, 2.45) is 23.7 Å². The van der Waals surface area contributed by atoms with E-state index < -0.39 is 0 Å². The van der Waals surface area contributed by atoms with Crippen molar-refractivity contribution in [2.75, 3.05) is 10.6 Å². The maximum Gasteiger partial charge on any atom is 0.227 e. The van der Waals surface area contributed by atoms with Gasteiger partial charge in [0.1, 0.15) is 5.82 Å². The van der Waals surface area contributed by atoms with E-state index in [1.165, 1.54) is 57.8 Å². The minimum absolute atomic E-state index is 0.174. The highest BCUT2D eigenvalue weighted by Crippen LogP contribution is 2.56. The maximum absolute atomic E-state index is 12.4. The summed E-state index contributed by atoms with van der Waals surface area (Å²) in [5, 5.41) is 6.88. The summed E-state index contributed by atoms with van der Waals surface area (Å²) in [6.07, 6.45) is 15.9. The summed E-state index contributed by atoms with van der Waals surface area (Å²) in [6.45, 7) is 0. The van der Waals surface area contributed by atoms with Crippen molar-refractivity contribution in [3.63, 3.8) is 0 Å². The highest BCUT2D eigenvalue weighted by atomic mass is 16.1. The Bertz CT molecular complexity index is 627. The fourth-order valence-electron chi connectivity index (χ4n) is 6.69. The summed E-state index contributed by atoms with van der Waals surface area (Å²) in [4.78, 5) is 17.0. The molecule has 6 rings (SSSR count). The molecule has 4 bridgehead atoms. The van der Waals surface area contributed by atoms with Crippen LogP contribution in [-0.2, 0) is 4.79 Å². The minimum atomic E-state index is 0.174. The molecule has 2 N–H and O–H groups in total. The average molecular weight is 354 g/mol. The van der Waals surface area contributed by atoms with E-state index in [9.17, 15) is 4.79 Å². The highest BCUT2D eigenvalue weighted by Gasteiger charge is 2.51. The lowest BCUT2D eigenvalue weighted by Crippen LogP contribution is -2.54. The molecule has 5 aliphatic rings. The number of rotatable bonds is 4. The third-order valence-corrected chi connectivity index (χ3v) is 7.44. The molecule has 1 aromatic rings. The predicted octanol–water partition coefficient (Wildman–Crippen LogP) is 4.98. The Kier molecular flexibility index (Phi) is 4.17. The largest absolute Gasteiger partial charge is 0.365 e. The number of anilines is 2. The van der Waals surface area contributed by atoms with Gasteiger partial charge >= 0.3 is 0 Å². The third kappa shape index (κ3) is 3.23. The average Bonchev–Trinajstić information content (AvgIpc) is 2.63. The van der Waals surface area contributed by atoms with Crippen molar-refractivity contribution in [3.05, 3.63) is 18.3 Å². The zero-order valence-electron chi connectivity index (χ0n) is 15.7. The molecule has 0 unspecified atom stereocenters. The predicted molar refractivity (Wildman–Crippen MR) is 104 cm³/mol. The monoisotopic (exact) mass is 353 g/mol. The fraction of sp³-hybridized carbons (Fsp3) is 0.727. The van der Waals surface area contributed by atoms with Gasteiger partial charge in [-0.25, -0.2) is 4.98 Å². The third-order valence-electron chi connectivity index (χ3n) is 7.44. The first-order valence-electron chi connectivity index (χ1n) is 10.7. The summed E-state index contributed by atoms with van der Waals surface area (Å²) in [5.74, 6) is 4.14. The Morgan fingerprint density at radius 1 is 0.962 bits per heavy atom. The Morgan fingerprint density at radius 2 is 1.62 bits per heavy atom. The number of amides is 1. The maximum atomic E-state index is 12.4. The second kappa shape index (κ2) is 6.54. The lowest BCUT2D eigenvalue weighted by molar-refractivity contribution is -0.120. The van der Waals surface area contributed by atoms with Crippen LogP contribution in [0.1, 0.15) is 70.6 Å². The van der Waals surface area contributed by atoms with Crippen LogP contribution in [0.4, 0.5) is 11.5 Å². The van der Waals surface area contributed by atoms with Crippen molar-refractivity contribution in [1.82, 2.24) is 4.98 Å². The van der Waals surface area contributed by atoms with Crippen molar-refractivity contribution in [2.45, 2.75) is 76.2 Å². The van der Waals surface area contributed by atoms with Gasteiger partial charge in [0, 0.05) is 11.5 Å². The van der Waals surface area contributed by atoms with Gasteiger partial charge in [0.05, 0.1) is 11.9 Å². The topological polar surface area (TPSA) is 54.0 Å². The Balaban J connectivity index is 1.22. The number of carbonyl (C=O) groups is 1. The molecule has 0 saturated heterocycles. The van der Waals surface area contributed by atoms with E-state index >= 15 is 0 Å². The van der Waals surface area contributed by atoms with Gasteiger partial charge in [-0.3, -0.25) is 4.79 Å². The molecule has 5 aliphatic carbocycles. The lowest BCUT2D eigenvalue weighted by atomic mass is 9.53. The van der Waals surface area contributed by atoms with Crippen molar-refractivity contribution < 1.29 is 4.79 Å². The van der Waals surface area contributed by atoms with Crippen LogP contribution in [0.15, 0.2) is 18.3 Å². The first-order valence-corrected chi connectivity index (χ1v) is 10.7. The summed E-state index contributed by atoms with van der Waals surface area (Å²) >= 11 is 0. The second-order valence-electron chi connectivity index (χ2n) is 9.58. The van der Waals surface area contributed by atoms with E-state index in [1.54, 1.807) is 0 Å². The van der Waals surface area contributed by atoms with Crippen molar-refractivity contribution in [1.29, 1.82) is 0 Å². The van der Waals surface area contributed by atoms with Gasteiger partial charge < -0.3 is 10.6 Å². The molecule has 140 valence electrons. The molecule has 0 spiro atoms. The van der Waals surface area contributed by atoms with Crippen molar-refractivity contribution in [3.8, 4) is 0 Å². The van der Waals surface area contributed by atoms with Gasteiger partial charge in [-0.2, -0.15) is 0 Å². The molecule has 1 amide bonds. The van der Waals surface area contributed by atoms with Gasteiger partial charge in [-0.1, -0.05) is 19.3 Å². The molecule has 0 aliphatic heterocycles. The van der Waals surface area contributed by atoms with E-state index in [4.69, 9.17) is 0 Å². The minimum Gasteiger partial charge on any atom is -0.365 e. The van der Waals surface area contributed by atoms with Gasteiger partial charge in [0.2, 0.25) is 5.91 Å². The number of nitrogens with zero attached hydrogens (tertiary/aromatic N) is 1. The number of hydrogen-bond acceptors (Lipinski definition) is 3. The first-order chi connectivity index (χ1) is 12.7. The molecule has 1 heterocycles. The van der Waals surface area contributed by atoms with Crippen LogP contribution in [0.2, 0.25) is 0 Å². The molecule has 5 fully saturated rings. The van der Waals surface area contributed by atoms with E-state index in [0.717, 1.165) is 42.1 Å². The zero-order chi connectivity index (χ0) is 17.6. The standard InChI is InChI=1S/C22H31N3O/c26-21(18-4-2-1-3-5-18)24-19-6-7-20(23-14-19)25-22-11-15-8-16(12-22)10-17(9-15)13-22/h6-7,14-18H,1-5,8-13H2,(H,23,25)(H,24,26). The second-order valence-corrected chi connectivity index (χ2v) is 9.58. The molecule has 0 aromatic carbocycles. The number of aromatic nitrogens is 1. The van der Waals surface area contributed by atoms with Gasteiger partial charge in [0.25, 0.3) is 0 Å². The fourth-order valence-corrected chi connectivity index (χ4v) is 6.69. The molecule has 4 nitrogen and oxygen atoms in total. The van der Waals surface area contributed by atoms with Gasteiger partial charge in [0.15, 0.2) is 0 Å². The number of nitrogens with one attached hydrogen (secondary N) is 2. The smallest absolute Gasteiger partial charge is 0.227 e. The summed E-state index contributed by atoms with van der Waals surface area (Å²) in [6, 6.07) is 4.06. The van der Waals surface area contributed by atoms with Gasteiger partial charge in [-0.15, -0.1) is 0 Å². The van der Waals surface area contributed by atoms with Crippen molar-refractivity contribution >= 4 is 17.4 Å². The van der Waals surface area contributed by atoms with E-state index in [2.05, 4.69) is 21.7 Å². The van der Waals surface area contributed by atoms with E-state index in [0.29, 0.717) is 0 Å². The molecule has 4 heteroatoms. The Morgan fingerprint density at radius 3 is 2.19 bits per heavy atom. The van der Waals surface area contributed by atoms with E-state index in [-0.39, 0.29) is 17.4 Å². The molecule has 1 aromatic heterocycles. The van der Waals surface area contributed by atoms with Crippen LogP contribution in [-0.4, -0.2) is 16.4 Å². The SMILES string of the molecule is O=C(Nc1ccc(NC23CC4CC(CC(C4)C2)C3)nc1)C1CCCCC1. The van der Waals surface area contributed by atoms with Crippen LogP contribution in [0.3, 0.4) is 0 Å². The Labute approximate surface area is 156 Å². The number of carbonyl (C=O) groups excluding carboxylic acids is 1. The quantitative estimate of drug-likeness (QED) is 0.802. The number of pyridine rings is 1. The van der Waals surface area contributed by atoms with Crippen LogP contribution >= 0.6 is 0 Å². The zero-order valence-corrected chi connectivity index (χ0v) is 15.7. The lowest BCUT2D eigenvalue weighted by Gasteiger charge is -2.57. The molecule has 0 radical (unpaired) electrons. The molecule has 5 saturated carbocycles. The molecular formula is C22H31N3O. The van der Waals surface area contributed by atoms with E-state index in [1.807, 2.05) is 12.3 Å². The first kappa shape index (κ1) is 16.6. The van der Waals surface area contributed by atoms with Crippen LogP contribution in [0.5, 0.6) is 0 Å². The van der Waals surface area contributed by atoms with Gasteiger partial charge in [-0.05, 0) is 81.3 Å². The summed E-state index contributed by atoms with van der Waals surface area (Å²) < 4.78 is 0. The molecule has 0 atom stereocenters. The summed E-state index contributed by atoms with van der Waals surface area (Å²) in [5.41, 5.74) is 1.12. The summed E-state index contributed by atoms with van der Waals surface area (Å²) in [7, 11) is 0. The number of hydrogen-bond donors (Lipinski definition) is 2. The van der Waals surface area contributed by atoms with Crippen LogP contribution in [0, 0.1) is 23.7 Å². The van der Waals surface area contributed by atoms with Crippen LogP contribution < -0.4 is 10.6 Å².